The molecular formula is C14H15F4NO5. The van der Waals surface area contributed by atoms with Gasteiger partial charge in [0.15, 0.2) is 0 Å². The molecule has 0 atom stereocenters. The normalized spacial score (nSPS) is 12.0. The van der Waals surface area contributed by atoms with Gasteiger partial charge in [-0.3, -0.25) is 5.32 Å². The topological polar surface area (TPSA) is 84.9 Å². The van der Waals surface area contributed by atoms with Gasteiger partial charge in [0.2, 0.25) is 0 Å². The van der Waals surface area contributed by atoms with Crippen molar-refractivity contribution < 1.29 is 41.7 Å². The van der Waals surface area contributed by atoms with Crippen molar-refractivity contribution in [3.8, 4) is 5.75 Å². The van der Waals surface area contributed by atoms with E-state index in [-0.39, 0.29) is 5.56 Å². The summed E-state index contributed by atoms with van der Waals surface area (Å²) in [6.45, 7) is 4.59. The molecule has 6 nitrogen and oxygen atoms in total. The molecule has 0 radical (unpaired) electrons. The molecular weight excluding hydrogens is 338 g/mol. The first-order valence-corrected chi connectivity index (χ1v) is 6.54. The molecule has 0 bridgehead atoms. The number of alkyl halides is 4. The second-order valence-electron chi connectivity index (χ2n) is 5.61. The van der Waals surface area contributed by atoms with Crippen molar-refractivity contribution in [2.24, 2.45) is 0 Å². The van der Waals surface area contributed by atoms with Crippen molar-refractivity contribution >= 4 is 17.7 Å². The van der Waals surface area contributed by atoms with Gasteiger partial charge in [0.25, 0.3) is 0 Å². The maximum atomic E-state index is 13.0. The molecule has 134 valence electrons. The van der Waals surface area contributed by atoms with E-state index in [4.69, 9.17) is 9.84 Å². The molecule has 1 rings (SSSR count). The van der Waals surface area contributed by atoms with Gasteiger partial charge >= 0.3 is 24.6 Å². The largest absolute Gasteiger partial charge is 0.478 e. The number of aromatic carboxylic acids is 1. The average molecular weight is 353 g/mol. The summed E-state index contributed by atoms with van der Waals surface area (Å²) in [4.78, 5) is 22.6. The van der Waals surface area contributed by atoms with Gasteiger partial charge in [-0.2, -0.15) is 17.6 Å². The predicted molar refractivity (Wildman–Crippen MR) is 74.8 cm³/mol. The number of carboxylic acid groups (broad SMARTS) is 1. The van der Waals surface area contributed by atoms with Crippen LogP contribution in [-0.2, 0) is 4.74 Å². The van der Waals surface area contributed by atoms with Gasteiger partial charge in [-0.25, -0.2) is 9.59 Å². The SMILES string of the molecule is CC(C)(C)OC(=O)Nc1cc(C(=O)O)ccc1OC(F)(F)C(F)F. The highest BCUT2D eigenvalue weighted by Gasteiger charge is 2.44. The molecule has 0 fully saturated rings. The summed E-state index contributed by atoms with van der Waals surface area (Å²) in [7, 11) is 0. The Balaban J connectivity index is 3.15. The molecule has 0 aliphatic rings. The molecule has 10 heteroatoms. The van der Waals surface area contributed by atoms with Crippen LogP contribution in [0.3, 0.4) is 0 Å². The summed E-state index contributed by atoms with van der Waals surface area (Å²) in [6, 6.07) is 2.37. The molecule has 1 aromatic carbocycles. The maximum absolute atomic E-state index is 13.0. The van der Waals surface area contributed by atoms with Crippen LogP contribution in [0.4, 0.5) is 28.0 Å². The fraction of sp³-hybridized carbons (Fsp3) is 0.429. The highest BCUT2D eigenvalue weighted by molar-refractivity contribution is 5.93. The van der Waals surface area contributed by atoms with Crippen molar-refractivity contribution in [3.05, 3.63) is 23.8 Å². The molecule has 0 saturated heterocycles. The first-order chi connectivity index (χ1) is 10.8. The fourth-order valence-electron chi connectivity index (χ4n) is 1.45. The van der Waals surface area contributed by atoms with Crippen LogP contribution in [0.5, 0.6) is 5.75 Å². The second-order valence-corrected chi connectivity index (χ2v) is 5.61. The molecule has 1 aromatic rings. The van der Waals surface area contributed by atoms with Gasteiger partial charge in [-0.1, -0.05) is 0 Å². The summed E-state index contributed by atoms with van der Waals surface area (Å²) < 4.78 is 59.4. The van der Waals surface area contributed by atoms with Crippen LogP contribution in [-0.4, -0.2) is 35.3 Å². The van der Waals surface area contributed by atoms with E-state index in [0.29, 0.717) is 0 Å². The second kappa shape index (κ2) is 6.93. The van der Waals surface area contributed by atoms with Gasteiger partial charge in [0, 0.05) is 0 Å². The molecule has 0 aliphatic heterocycles. The minimum atomic E-state index is -4.82. The number of rotatable bonds is 5. The lowest BCUT2D eigenvalue weighted by Gasteiger charge is -2.22. The first kappa shape index (κ1) is 19.5. The third-order valence-electron chi connectivity index (χ3n) is 2.36. The van der Waals surface area contributed by atoms with Crippen molar-refractivity contribution in [3.63, 3.8) is 0 Å². The quantitative estimate of drug-likeness (QED) is 0.783. The zero-order valence-electron chi connectivity index (χ0n) is 12.9. The van der Waals surface area contributed by atoms with Crippen LogP contribution in [0.25, 0.3) is 0 Å². The summed E-state index contributed by atoms with van der Waals surface area (Å²) in [5, 5.41) is 10.9. The number of benzene rings is 1. The summed E-state index contributed by atoms with van der Waals surface area (Å²) >= 11 is 0. The zero-order valence-corrected chi connectivity index (χ0v) is 12.9. The highest BCUT2D eigenvalue weighted by Crippen LogP contribution is 2.33. The Morgan fingerprint density at radius 1 is 1.21 bits per heavy atom. The first-order valence-electron chi connectivity index (χ1n) is 6.54. The Morgan fingerprint density at radius 2 is 1.79 bits per heavy atom. The number of carboxylic acids is 1. The number of anilines is 1. The number of nitrogens with one attached hydrogen (secondary N) is 1. The van der Waals surface area contributed by atoms with E-state index in [1.54, 1.807) is 0 Å². The van der Waals surface area contributed by atoms with Crippen LogP contribution in [0.15, 0.2) is 18.2 Å². The van der Waals surface area contributed by atoms with Gasteiger partial charge in [0.05, 0.1) is 11.3 Å². The van der Waals surface area contributed by atoms with Crippen LogP contribution in [0.1, 0.15) is 31.1 Å². The van der Waals surface area contributed by atoms with E-state index in [1.165, 1.54) is 20.8 Å². The summed E-state index contributed by atoms with van der Waals surface area (Å²) in [5.74, 6) is -2.26. The van der Waals surface area contributed by atoms with E-state index in [2.05, 4.69) is 4.74 Å². The molecule has 24 heavy (non-hydrogen) atoms. The maximum Gasteiger partial charge on any atom is 0.461 e. The number of halogens is 4. The molecule has 0 aliphatic carbocycles. The summed E-state index contributed by atoms with van der Waals surface area (Å²) in [5.41, 5.74) is -1.86. The highest BCUT2D eigenvalue weighted by atomic mass is 19.3. The third-order valence-corrected chi connectivity index (χ3v) is 2.36. The van der Waals surface area contributed by atoms with Gasteiger partial charge in [-0.15, -0.1) is 0 Å². The number of hydrogen-bond acceptors (Lipinski definition) is 4. The van der Waals surface area contributed by atoms with E-state index in [1.807, 2.05) is 5.32 Å². The minimum Gasteiger partial charge on any atom is -0.478 e. The Kier molecular flexibility index (Phi) is 5.64. The Bertz CT molecular complexity index is 628. The van der Waals surface area contributed by atoms with E-state index >= 15 is 0 Å². The predicted octanol–water partition coefficient (Wildman–Crippen LogP) is 3.97. The van der Waals surface area contributed by atoms with E-state index in [9.17, 15) is 27.2 Å². The lowest BCUT2D eigenvalue weighted by atomic mass is 10.2. The van der Waals surface area contributed by atoms with Gasteiger partial charge < -0.3 is 14.6 Å². The molecule has 0 aromatic heterocycles. The van der Waals surface area contributed by atoms with Gasteiger partial charge in [0.1, 0.15) is 11.4 Å². The van der Waals surface area contributed by atoms with Crippen LogP contribution >= 0.6 is 0 Å². The lowest BCUT2D eigenvalue weighted by molar-refractivity contribution is -0.252. The van der Waals surface area contributed by atoms with Crippen molar-refractivity contribution in [2.45, 2.75) is 38.9 Å². The Hall–Kier alpha value is -2.52. The molecule has 2 N–H and O–H groups in total. The van der Waals surface area contributed by atoms with Crippen LogP contribution < -0.4 is 10.1 Å². The smallest absolute Gasteiger partial charge is 0.461 e. The van der Waals surface area contributed by atoms with Crippen molar-refractivity contribution in [2.75, 3.05) is 5.32 Å². The number of ether oxygens (including phenoxy) is 2. The molecule has 0 spiro atoms. The number of carbonyl (C=O) groups is 2. The fourth-order valence-corrected chi connectivity index (χ4v) is 1.45. The third kappa shape index (κ3) is 5.60. The minimum absolute atomic E-state index is 0.381. The van der Waals surface area contributed by atoms with Crippen molar-refractivity contribution in [1.82, 2.24) is 0 Å². The number of hydrogen-bond donors (Lipinski definition) is 2. The van der Waals surface area contributed by atoms with Crippen molar-refractivity contribution in [1.29, 1.82) is 0 Å². The number of carbonyl (C=O) groups excluding carboxylic acids is 1. The average Bonchev–Trinajstić information content (AvgIpc) is 2.37. The van der Waals surface area contributed by atoms with E-state index < -0.39 is 41.6 Å². The summed E-state index contributed by atoms with van der Waals surface area (Å²) in [6.07, 6.45) is -10.0. The zero-order chi connectivity index (χ0) is 18.7. The Morgan fingerprint density at radius 3 is 2.25 bits per heavy atom. The molecule has 0 unspecified atom stereocenters. The molecule has 0 saturated carbocycles. The Labute approximate surface area is 134 Å². The molecule has 0 heterocycles. The van der Waals surface area contributed by atoms with Gasteiger partial charge in [-0.05, 0) is 39.0 Å². The lowest BCUT2D eigenvalue weighted by Crippen LogP contribution is -2.34. The van der Waals surface area contributed by atoms with Crippen LogP contribution in [0.2, 0.25) is 0 Å². The number of amides is 1. The van der Waals surface area contributed by atoms with Crippen LogP contribution in [0, 0.1) is 0 Å². The standard InChI is InChI=1S/C14H15F4NO5/c1-13(2,3)24-12(22)19-8-6-7(10(20)21)4-5-9(8)23-14(17,18)11(15)16/h4-6,11H,1-3H3,(H,19,22)(H,20,21). The molecule has 1 amide bonds. The van der Waals surface area contributed by atoms with E-state index in [0.717, 1.165) is 18.2 Å². The monoisotopic (exact) mass is 353 g/mol.